The van der Waals surface area contributed by atoms with E-state index in [0.29, 0.717) is 23.2 Å². The van der Waals surface area contributed by atoms with E-state index >= 15 is 0 Å². The monoisotopic (exact) mass is 316 g/mol. The molecule has 0 saturated heterocycles. The first-order valence-corrected chi connectivity index (χ1v) is 7.61. The first-order chi connectivity index (χ1) is 11.8. The zero-order valence-corrected chi connectivity index (χ0v) is 13.0. The topological polar surface area (TPSA) is 59.1 Å². The molecule has 1 amide bonds. The first-order valence-electron chi connectivity index (χ1n) is 7.61. The van der Waals surface area contributed by atoms with Gasteiger partial charge in [-0.15, -0.1) is 0 Å². The Balaban J connectivity index is 1.81. The first kappa shape index (κ1) is 15.6. The van der Waals surface area contributed by atoms with Gasteiger partial charge >= 0.3 is 0 Å². The van der Waals surface area contributed by atoms with Gasteiger partial charge in [0.25, 0.3) is 5.91 Å². The van der Waals surface area contributed by atoms with E-state index in [0.717, 1.165) is 5.56 Å². The van der Waals surface area contributed by atoms with E-state index in [1.807, 2.05) is 18.2 Å². The molecule has 0 fully saturated rings. The van der Waals surface area contributed by atoms with Crippen LogP contribution in [0, 0.1) is 0 Å². The number of ketones is 1. The lowest BCUT2D eigenvalue weighted by Gasteiger charge is -2.09. The molecule has 0 bridgehead atoms. The maximum absolute atomic E-state index is 12.7. The summed E-state index contributed by atoms with van der Waals surface area (Å²) in [5, 5.41) is 2.83. The zero-order chi connectivity index (χ0) is 16.8. The van der Waals surface area contributed by atoms with E-state index in [1.165, 1.54) is 0 Å². The SMILES string of the molecule is O=C(NCc1cccnc1)c1ccccc1C(=O)c1ccccc1. The van der Waals surface area contributed by atoms with Gasteiger partial charge in [0, 0.05) is 30.1 Å². The molecular weight excluding hydrogens is 300 g/mol. The highest BCUT2D eigenvalue weighted by molar-refractivity contribution is 6.15. The van der Waals surface area contributed by atoms with E-state index < -0.39 is 0 Å². The van der Waals surface area contributed by atoms with Gasteiger partial charge in [-0.25, -0.2) is 0 Å². The molecule has 0 atom stereocenters. The average molecular weight is 316 g/mol. The second kappa shape index (κ2) is 7.33. The van der Waals surface area contributed by atoms with Gasteiger partial charge in [0.05, 0.1) is 5.56 Å². The molecule has 1 aromatic heterocycles. The minimum absolute atomic E-state index is 0.164. The number of carbonyl (C=O) groups excluding carboxylic acids is 2. The normalized spacial score (nSPS) is 10.2. The third kappa shape index (κ3) is 3.55. The zero-order valence-electron chi connectivity index (χ0n) is 13.0. The van der Waals surface area contributed by atoms with Crippen molar-refractivity contribution in [1.82, 2.24) is 10.3 Å². The van der Waals surface area contributed by atoms with E-state index in [2.05, 4.69) is 10.3 Å². The van der Waals surface area contributed by atoms with Gasteiger partial charge in [0.1, 0.15) is 0 Å². The van der Waals surface area contributed by atoms with Gasteiger partial charge in [-0.2, -0.15) is 0 Å². The van der Waals surface area contributed by atoms with Gasteiger partial charge in [0.2, 0.25) is 0 Å². The molecular formula is C20H16N2O2. The van der Waals surface area contributed by atoms with Crippen molar-refractivity contribution in [3.8, 4) is 0 Å². The fourth-order valence-electron chi connectivity index (χ4n) is 2.40. The molecule has 0 spiro atoms. The number of rotatable bonds is 5. The van der Waals surface area contributed by atoms with Crippen LogP contribution in [-0.2, 0) is 6.54 Å². The van der Waals surface area contributed by atoms with Crippen molar-refractivity contribution < 1.29 is 9.59 Å². The van der Waals surface area contributed by atoms with Crippen LogP contribution >= 0.6 is 0 Å². The Kier molecular flexibility index (Phi) is 4.77. The fraction of sp³-hybridized carbons (Fsp3) is 0.0500. The molecule has 1 N–H and O–H groups in total. The molecule has 0 aliphatic carbocycles. The van der Waals surface area contributed by atoms with Crippen LogP contribution in [0.1, 0.15) is 31.8 Å². The summed E-state index contributed by atoms with van der Waals surface area (Å²) in [4.78, 5) is 29.2. The van der Waals surface area contributed by atoms with Crippen molar-refractivity contribution in [3.05, 3.63) is 101 Å². The molecule has 4 nitrogen and oxygen atoms in total. The Morgan fingerprint density at radius 3 is 2.25 bits per heavy atom. The predicted octanol–water partition coefficient (Wildman–Crippen LogP) is 3.24. The van der Waals surface area contributed by atoms with E-state index in [9.17, 15) is 9.59 Å². The second-order valence-electron chi connectivity index (χ2n) is 5.28. The predicted molar refractivity (Wildman–Crippen MR) is 91.7 cm³/mol. The lowest BCUT2D eigenvalue weighted by atomic mass is 9.98. The van der Waals surface area contributed by atoms with Crippen molar-refractivity contribution in [1.29, 1.82) is 0 Å². The number of hydrogen-bond donors (Lipinski definition) is 1. The van der Waals surface area contributed by atoms with Crippen LogP contribution in [-0.4, -0.2) is 16.7 Å². The molecule has 118 valence electrons. The van der Waals surface area contributed by atoms with Crippen molar-refractivity contribution in [2.24, 2.45) is 0 Å². The Hall–Kier alpha value is -3.27. The maximum Gasteiger partial charge on any atom is 0.252 e. The maximum atomic E-state index is 12.7. The van der Waals surface area contributed by atoms with Crippen LogP contribution < -0.4 is 5.32 Å². The summed E-state index contributed by atoms with van der Waals surface area (Å²) < 4.78 is 0. The third-order valence-corrected chi connectivity index (χ3v) is 3.63. The molecule has 4 heteroatoms. The van der Waals surface area contributed by atoms with Crippen molar-refractivity contribution >= 4 is 11.7 Å². The Morgan fingerprint density at radius 1 is 0.833 bits per heavy atom. The molecule has 0 aliphatic rings. The van der Waals surface area contributed by atoms with Gasteiger partial charge in [-0.05, 0) is 17.7 Å². The van der Waals surface area contributed by atoms with E-state index in [1.54, 1.807) is 60.9 Å². The van der Waals surface area contributed by atoms with Crippen LogP contribution in [0.2, 0.25) is 0 Å². The summed E-state index contributed by atoms with van der Waals surface area (Å²) in [6.45, 7) is 0.362. The molecule has 24 heavy (non-hydrogen) atoms. The highest BCUT2D eigenvalue weighted by atomic mass is 16.2. The molecule has 0 aliphatic heterocycles. The standard InChI is InChI=1S/C20H16N2O2/c23-19(16-8-2-1-3-9-16)17-10-4-5-11-18(17)20(24)22-14-15-7-6-12-21-13-15/h1-13H,14H2,(H,22,24). The summed E-state index contributed by atoms with van der Waals surface area (Å²) in [5.74, 6) is -0.443. The summed E-state index contributed by atoms with van der Waals surface area (Å²) >= 11 is 0. The van der Waals surface area contributed by atoms with Crippen LogP contribution in [0.15, 0.2) is 79.1 Å². The molecule has 3 rings (SSSR count). The van der Waals surface area contributed by atoms with Crippen LogP contribution in [0.3, 0.4) is 0 Å². The number of nitrogens with one attached hydrogen (secondary N) is 1. The van der Waals surface area contributed by atoms with Crippen molar-refractivity contribution in [2.75, 3.05) is 0 Å². The smallest absolute Gasteiger partial charge is 0.252 e. The second-order valence-corrected chi connectivity index (χ2v) is 5.28. The van der Waals surface area contributed by atoms with E-state index in [-0.39, 0.29) is 11.7 Å². The van der Waals surface area contributed by atoms with Crippen LogP contribution in [0.25, 0.3) is 0 Å². The number of aromatic nitrogens is 1. The van der Waals surface area contributed by atoms with Gasteiger partial charge in [0.15, 0.2) is 5.78 Å². The molecule has 0 radical (unpaired) electrons. The fourth-order valence-corrected chi connectivity index (χ4v) is 2.40. The molecule has 3 aromatic rings. The van der Waals surface area contributed by atoms with Crippen LogP contribution in [0.5, 0.6) is 0 Å². The average Bonchev–Trinajstić information content (AvgIpc) is 2.67. The number of amides is 1. The summed E-state index contributed by atoms with van der Waals surface area (Å²) in [6.07, 6.45) is 3.38. The van der Waals surface area contributed by atoms with Crippen molar-refractivity contribution in [3.63, 3.8) is 0 Å². The number of benzene rings is 2. The summed E-state index contributed by atoms with van der Waals surface area (Å²) in [6, 6.07) is 19.5. The molecule has 0 unspecified atom stereocenters. The number of pyridine rings is 1. The van der Waals surface area contributed by atoms with E-state index in [4.69, 9.17) is 0 Å². The summed E-state index contributed by atoms with van der Waals surface area (Å²) in [7, 11) is 0. The Labute approximate surface area is 140 Å². The minimum atomic E-state index is -0.279. The Morgan fingerprint density at radius 2 is 1.54 bits per heavy atom. The van der Waals surface area contributed by atoms with Crippen molar-refractivity contribution in [2.45, 2.75) is 6.54 Å². The number of hydrogen-bond acceptors (Lipinski definition) is 3. The van der Waals surface area contributed by atoms with Gasteiger partial charge < -0.3 is 5.32 Å². The minimum Gasteiger partial charge on any atom is -0.348 e. The highest BCUT2D eigenvalue weighted by Gasteiger charge is 2.17. The summed E-state index contributed by atoms with van der Waals surface area (Å²) in [5.41, 5.74) is 2.23. The quantitative estimate of drug-likeness (QED) is 0.735. The third-order valence-electron chi connectivity index (χ3n) is 3.63. The number of nitrogens with zero attached hydrogens (tertiary/aromatic N) is 1. The molecule has 1 heterocycles. The largest absolute Gasteiger partial charge is 0.348 e. The molecule has 0 saturated carbocycles. The number of carbonyl (C=O) groups is 2. The highest BCUT2D eigenvalue weighted by Crippen LogP contribution is 2.15. The lowest BCUT2D eigenvalue weighted by Crippen LogP contribution is -2.25. The van der Waals surface area contributed by atoms with Gasteiger partial charge in [-0.1, -0.05) is 54.6 Å². The Bertz CT molecular complexity index is 846. The molecule has 2 aromatic carbocycles. The van der Waals surface area contributed by atoms with Gasteiger partial charge in [-0.3, -0.25) is 14.6 Å². The van der Waals surface area contributed by atoms with Crippen LogP contribution in [0.4, 0.5) is 0 Å². The lowest BCUT2D eigenvalue weighted by molar-refractivity contribution is 0.0939.